The molecule has 3 rings (SSSR count). The molecular formula is C18H15N3O4S. The first-order valence-electron chi connectivity index (χ1n) is 7.65. The summed E-state index contributed by atoms with van der Waals surface area (Å²) >= 11 is 0. The molecule has 0 saturated carbocycles. The first-order valence-corrected chi connectivity index (χ1v) is 9.15. The Balaban J connectivity index is 2.11. The highest BCUT2D eigenvalue weighted by atomic mass is 32.2. The topological polar surface area (TPSA) is 123 Å². The minimum atomic E-state index is -4.43. The van der Waals surface area contributed by atoms with Crippen molar-refractivity contribution in [2.24, 2.45) is 0 Å². The van der Waals surface area contributed by atoms with Gasteiger partial charge in [-0.1, -0.05) is 6.07 Å². The summed E-state index contributed by atoms with van der Waals surface area (Å²) in [5, 5.41) is 20.9. The molecule has 0 radical (unpaired) electrons. The van der Waals surface area contributed by atoms with E-state index in [1.165, 1.54) is 6.07 Å². The van der Waals surface area contributed by atoms with Gasteiger partial charge in [0, 0.05) is 11.3 Å². The van der Waals surface area contributed by atoms with Gasteiger partial charge in [-0.05, 0) is 55.3 Å². The van der Waals surface area contributed by atoms with E-state index in [9.17, 15) is 13.0 Å². The summed E-state index contributed by atoms with van der Waals surface area (Å²) in [5.74, 6) is 0. The molecule has 132 valence electrons. The van der Waals surface area contributed by atoms with E-state index in [0.29, 0.717) is 27.9 Å². The molecule has 2 aromatic rings. The molecule has 0 amide bonds. The third kappa shape index (κ3) is 3.26. The van der Waals surface area contributed by atoms with Crippen LogP contribution in [0, 0.1) is 22.7 Å². The van der Waals surface area contributed by atoms with Crippen LogP contribution >= 0.6 is 0 Å². The van der Waals surface area contributed by atoms with E-state index in [1.54, 1.807) is 44.2 Å². The Morgan fingerprint density at radius 3 is 2.23 bits per heavy atom. The van der Waals surface area contributed by atoms with E-state index in [4.69, 9.17) is 15.3 Å². The fraction of sp³-hybridized carbons (Fsp3) is 0.222. The Morgan fingerprint density at radius 2 is 1.69 bits per heavy atom. The van der Waals surface area contributed by atoms with Crippen LogP contribution in [0.1, 0.15) is 30.5 Å². The number of anilines is 1. The summed E-state index contributed by atoms with van der Waals surface area (Å²) < 4.78 is 37.6. The van der Waals surface area contributed by atoms with Crippen molar-refractivity contribution < 1.29 is 17.7 Å². The lowest BCUT2D eigenvalue weighted by molar-refractivity contribution is -0.0406. The molecule has 7 nitrogen and oxygen atoms in total. The van der Waals surface area contributed by atoms with Crippen molar-refractivity contribution in [3.63, 3.8) is 0 Å². The molecule has 0 fully saturated rings. The molecule has 2 aromatic carbocycles. The minimum absolute atomic E-state index is 0.372. The Hall–Kier alpha value is -2.91. The fourth-order valence-corrected chi connectivity index (χ4v) is 3.53. The molecule has 1 aliphatic heterocycles. The van der Waals surface area contributed by atoms with Gasteiger partial charge in [-0.3, -0.25) is 4.55 Å². The van der Waals surface area contributed by atoms with Crippen molar-refractivity contribution in [1.82, 2.24) is 0 Å². The van der Waals surface area contributed by atoms with Crippen LogP contribution in [0.3, 0.4) is 0 Å². The van der Waals surface area contributed by atoms with Gasteiger partial charge in [0.05, 0.1) is 28.9 Å². The predicted octanol–water partition coefficient (Wildman–Crippen LogP) is 2.95. The smallest absolute Gasteiger partial charge is 0.312 e. The monoisotopic (exact) mass is 369 g/mol. The van der Waals surface area contributed by atoms with Crippen molar-refractivity contribution in [3.05, 3.63) is 53.1 Å². The average molecular weight is 369 g/mol. The molecule has 1 heterocycles. The fourth-order valence-electron chi connectivity index (χ4n) is 2.89. The maximum Gasteiger partial charge on any atom is 0.312 e. The van der Waals surface area contributed by atoms with Crippen molar-refractivity contribution in [2.45, 2.75) is 25.0 Å². The van der Waals surface area contributed by atoms with Gasteiger partial charge in [-0.25, -0.2) is 0 Å². The van der Waals surface area contributed by atoms with Gasteiger partial charge in [-0.2, -0.15) is 18.9 Å². The number of rotatable bonds is 2. The normalized spacial score (nSPS) is 18.1. The van der Waals surface area contributed by atoms with E-state index in [-0.39, 0.29) is 0 Å². The molecular weight excluding hydrogens is 354 g/mol. The van der Waals surface area contributed by atoms with E-state index in [0.717, 1.165) is 5.56 Å². The number of hydrogen-bond acceptors (Lipinski definition) is 6. The minimum Gasteiger partial charge on any atom is -0.345 e. The molecule has 0 aliphatic carbocycles. The average Bonchev–Trinajstić information content (AvgIpc) is 2.59. The lowest BCUT2D eigenvalue weighted by atomic mass is 9.90. The number of benzene rings is 2. The second kappa shape index (κ2) is 6.11. The SMILES string of the molecule is CC1(C)OC(S(=O)(=O)O)Nc2ccc(-c3cc(C#N)cc(C#N)c3)cc21. The third-order valence-electron chi connectivity index (χ3n) is 4.14. The van der Waals surface area contributed by atoms with Gasteiger partial charge in [0.2, 0.25) is 0 Å². The highest BCUT2D eigenvalue weighted by molar-refractivity contribution is 7.86. The number of fused-ring (bicyclic) bond motifs is 1. The molecule has 1 atom stereocenters. The largest absolute Gasteiger partial charge is 0.345 e. The molecule has 0 aromatic heterocycles. The molecule has 2 N–H and O–H groups in total. The van der Waals surface area contributed by atoms with Gasteiger partial charge < -0.3 is 10.1 Å². The first-order chi connectivity index (χ1) is 12.1. The van der Waals surface area contributed by atoms with Gasteiger partial charge in [-0.15, -0.1) is 0 Å². The molecule has 0 saturated heterocycles. The molecule has 0 spiro atoms. The molecule has 1 unspecified atom stereocenters. The summed E-state index contributed by atoms with van der Waals surface area (Å²) in [5.41, 5.74) is 0.858. The lowest BCUT2D eigenvalue weighted by Gasteiger charge is -2.37. The summed E-state index contributed by atoms with van der Waals surface area (Å²) in [6, 6.07) is 14.1. The van der Waals surface area contributed by atoms with Gasteiger partial charge >= 0.3 is 10.1 Å². The van der Waals surface area contributed by atoms with E-state index in [1.807, 2.05) is 12.1 Å². The quantitative estimate of drug-likeness (QED) is 0.780. The predicted molar refractivity (Wildman–Crippen MR) is 94.4 cm³/mol. The molecule has 8 heteroatoms. The van der Waals surface area contributed by atoms with E-state index >= 15 is 0 Å². The van der Waals surface area contributed by atoms with Crippen LogP contribution in [-0.2, 0) is 20.5 Å². The lowest BCUT2D eigenvalue weighted by Crippen LogP contribution is -2.43. The zero-order valence-corrected chi connectivity index (χ0v) is 14.8. The Morgan fingerprint density at radius 1 is 1.08 bits per heavy atom. The van der Waals surface area contributed by atoms with Crippen LogP contribution < -0.4 is 5.32 Å². The van der Waals surface area contributed by atoms with Crippen LogP contribution in [0.5, 0.6) is 0 Å². The van der Waals surface area contributed by atoms with Crippen molar-refractivity contribution in [2.75, 3.05) is 5.32 Å². The summed E-state index contributed by atoms with van der Waals surface area (Å²) in [6.07, 6.45) is 0. The molecule has 1 aliphatic rings. The summed E-state index contributed by atoms with van der Waals surface area (Å²) in [4.78, 5) is 0. The Labute approximate surface area is 151 Å². The van der Waals surface area contributed by atoms with Crippen LogP contribution in [0.4, 0.5) is 5.69 Å². The number of nitriles is 2. The Bertz CT molecular complexity index is 1050. The van der Waals surface area contributed by atoms with Gasteiger partial charge in [0.25, 0.3) is 5.56 Å². The van der Waals surface area contributed by atoms with E-state index < -0.39 is 21.3 Å². The summed E-state index contributed by atoms with van der Waals surface area (Å²) in [7, 11) is -4.43. The summed E-state index contributed by atoms with van der Waals surface area (Å²) in [6.45, 7) is 3.39. The second-order valence-electron chi connectivity index (χ2n) is 6.40. The number of ether oxygens (including phenoxy) is 1. The third-order valence-corrected chi connectivity index (χ3v) is 4.89. The van der Waals surface area contributed by atoms with E-state index in [2.05, 4.69) is 5.32 Å². The molecule has 26 heavy (non-hydrogen) atoms. The van der Waals surface area contributed by atoms with Crippen molar-refractivity contribution >= 4 is 15.8 Å². The maximum atomic E-state index is 11.4. The zero-order valence-electron chi connectivity index (χ0n) is 14.0. The van der Waals surface area contributed by atoms with Crippen LogP contribution in [0.25, 0.3) is 11.1 Å². The van der Waals surface area contributed by atoms with Crippen molar-refractivity contribution in [1.29, 1.82) is 10.5 Å². The van der Waals surface area contributed by atoms with Gasteiger partial charge in [0.1, 0.15) is 0 Å². The van der Waals surface area contributed by atoms with Crippen LogP contribution in [0.2, 0.25) is 0 Å². The van der Waals surface area contributed by atoms with Crippen LogP contribution in [-0.4, -0.2) is 18.5 Å². The maximum absolute atomic E-state index is 11.4. The van der Waals surface area contributed by atoms with Gasteiger partial charge in [0.15, 0.2) is 0 Å². The standard InChI is InChI=1S/C18H15N3O4S/c1-18(2)15-8-13(14-6-11(9-19)5-12(7-14)10-20)3-4-16(15)21-17(25-18)26(22,23)24/h3-8,17,21H,1-2H3,(H,22,23,24). The first kappa shape index (κ1) is 17.9. The Kier molecular flexibility index (Phi) is 4.21. The number of nitrogens with one attached hydrogen (secondary N) is 1. The highest BCUT2D eigenvalue weighted by Gasteiger charge is 2.39. The van der Waals surface area contributed by atoms with Crippen LogP contribution in [0.15, 0.2) is 36.4 Å². The molecule has 0 bridgehead atoms. The number of nitrogens with zero attached hydrogens (tertiary/aromatic N) is 2. The highest BCUT2D eigenvalue weighted by Crippen LogP contribution is 2.40. The number of hydrogen-bond donors (Lipinski definition) is 2. The second-order valence-corrected chi connectivity index (χ2v) is 7.86. The van der Waals surface area contributed by atoms with Crippen molar-refractivity contribution in [3.8, 4) is 23.3 Å². The zero-order chi connectivity index (χ0) is 19.1.